The topological polar surface area (TPSA) is 34.0 Å². The van der Waals surface area contributed by atoms with E-state index in [4.69, 9.17) is 0 Å². The van der Waals surface area contributed by atoms with Gasteiger partial charge in [0.2, 0.25) is 0 Å². The Balaban J connectivity index is 1.93. The second-order valence-corrected chi connectivity index (χ2v) is 4.79. The highest BCUT2D eigenvalue weighted by molar-refractivity contribution is 5.46. The van der Waals surface area contributed by atoms with E-state index in [0.717, 1.165) is 0 Å². The molecule has 0 spiro atoms. The summed E-state index contributed by atoms with van der Waals surface area (Å²) in [5, 5.41) is 6.57. The minimum Gasteiger partial charge on any atom is -0.261 e. The van der Waals surface area contributed by atoms with Crippen molar-refractivity contribution in [1.82, 2.24) is 14.9 Å². The van der Waals surface area contributed by atoms with Crippen LogP contribution in [0.4, 0.5) is 5.69 Å². The Hall–Kier alpha value is -1.84. The van der Waals surface area contributed by atoms with Gasteiger partial charge >= 0.3 is 0 Å². The van der Waals surface area contributed by atoms with E-state index in [2.05, 4.69) is 39.4 Å². The van der Waals surface area contributed by atoms with Gasteiger partial charge in [-0.15, -0.1) is 5.10 Å². The van der Waals surface area contributed by atoms with Gasteiger partial charge in [0.15, 0.2) is 0 Å². The molecule has 4 nitrogen and oxygen atoms in total. The smallest absolute Gasteiger partial charge is 0.139 e. The summed E-state index contributed by atoms with van der Waals surface area (Å²) in [6.07, 6.45) is 9.81. The zero-order valence-corrected chi connectivity index (χ0v) is 10.4. The first kappa shape index (κ1) is 11.3. The van der Waals surface area contributed by atoms with Crippen LogP contribution in [0, 0.1) is 0 Å². The fourth-order valence-corrected chi connectivity index (χ4v) is 2.72. The number of benzene rings is 1. The van der Waals surface area contributed by atoms with E-state index in [0.29, 0.717) is 6.04 Å². The molecule has 1 fully saturated rings. The predicted octanol–water partition coefficient (Wildman–Crippen LogP) is 2.88. The highest BCUT2D eigenvalue weighted by Gasteiger charge is 2.23. The number of anilines is 1. The summed E-state index contributed by atoms with van der Waals surface area (Å²) in [5.41, 5.74) is 1.19. The summed E-state index contributed by atoms with van der Waals surface area (Å²) in [6, 6.07) is 11.0. The Morgan fingerprint density at radius 2 is 1.83 bits per heavy atom. The summed E-state index contributed by atoms with van der Waals surface area (Å²) in [4.78, 5) is 5.94. The van der Waals surface area contributed by atoms with Crippen LogP contribution in [0.1, 0.15) is 32.1 Å². The van der Waals surface area contributed by atoms with Gasteiger partial charge < -0.3 is 0 Å². The molecule has 0 aliphatic heterocycles. The van der Waals surface area contributed by atoms with E-state index in [1.165, 1.54) is 37.8 Å². The second-order valence-electron chi connectivity index (χ2n) is 4.79. The molecule has 1 aromatic heterocycles. The average Bonchev–Trinajstić information content (AvgIpc) is 2.95. The first-order chi connectivity index (χ1) is 8.95. The lowest BCUT2D eigenvalue weighted by Gasteiger charge is -2.35. The van der Waals surface area contributed by atoms with Crippen molar-refractivity contribution in [2.24, 2.45) is 0 Å². The Morgan fingerprint density at radius 1 is 1.06 bits per heavy atom. The normalized spacial score (nSPS) is 16.7. The lowest BCUT2D eigenvalue weighted by atomic mass is 9.95. The highest BCUT2D eigenvalue weighted by Crippen LogP contribution is 2.27. The lowest BCUT2D eigenvalue weighted by Crippen LogP contribution is -2.41. The van der Waals surface area contributed by atoms with Gasteiger partial charge in [-0.1, -0.05) is 37.5 Å². The van der Waals surface area contributed by atoms with Crippen LogP contribution >= 0.6 is 0 Å². The van der Waals surface area contributed by atoms with Crippen LogP contribution in [0.3, 0.4) is 0 Å². The Bertz CT molecular complexity index is 460. The quantitative estimate of drug-likeness (QED) is 0.830. The van der Waals surface area contributed by atoms with Crippen LogP contribution in [-0.4, -0.2) is 20.9 Å². The van der Waals surface area contributed by atoms with E-state index >= 15 is 0 Å². The van der Waals surface area contributed by atoms with Gasteiger partial charge in [0.25, 0.3) is 0 Å². The minimum absolute atomic E-state index is 0.530. The van der Waals surface area contributed by atoms with Crippen molar-refractivity contribution in [3.63, 3.8) is 0 Å². The molecule has 0 atom stereocenters. The Labute approximate surface area is 107 Å². The molecule has 3 rings (SSSR count). The van der Waals surface area contributed by atoms with Crippen LogP contribution in [-0.2, 0) is 0 Å². The maximum atomic E-state index is 4.30. The number of aromatic nitrogens is 3. The third-order valence-corrected chi connectivity index (χ3v) is 3.57. The minimum atomic E-state index is 0.530. The molecule has 1 heterocycles. The molecule has 0 amide bonds. The van der Waals surface area contributed by atoms with Crippen molar-refractivity contribution in [3.8, 4) is 0 Å². The monoisotopic (exact) mass is 242 g/mol. The van der Waals surface area contributed by atoms with Gasteiger partial charge in [0, 0.05) is 0 Å². The van der Waals surface area contributed by atoms with E-state index in [-0.39, 0.29) is 0 Å². The molecule has 1 aromatic carbocycles. The highest BCUT2D eigenvalue weighted by atomic mass is 15.7. The van der Waals surface area contributed by atoms with Gasteiger partial charge in [-0.05, 0) is 25.0 Å². The molecule has 4 heteroatoms. The van der Waals surface area contributed by atoms with Crippen molar-refractivity contribution in [2.45, 2.75) is 38.1 Å². The van der Waals surface area contributed by atoms with Gasteiger partial charge in [0.1, 0.15) is 12.7 Å². The largest absolute Gasteiger partial charge is 0.261 e. The third kappa shape index (κ3) is 2.23. The number of rotatable bonds is 3. The molecule has 0 radical (unpaired) electrons. The second kappa shape index (κ2) is 5.21. The van der Waals surface area contributed by atoms with Gasteiger partial charge in [-0.2, -0.15) is 4.79 Å². The first-order valence-electron chi connectivity index (χ1n) is 6.64. The molecule has 0 bridgehead atoms. The lowest BCUT2D eigenvalue weighted by molar-refractivity contribution is 0.381. The fraction of sp³-hybridized carbons (Fsp3) is 0.429. The molecule has 0 unspecified atom stereocenters. The van der Waals surface area contributed by atoms with Crippen molar-refractivity contribution in [2.75, 3.05) is 5.01 Å². The number of hydrogen-bond acceptors (Lipinski definition) is 3. The van der Waals surface area contributed by atoms with E-state index in [1.54, 1.807) is 12.7 Å². The Kier molecular flexibility index (Phi) is 3.26. The van der Waals surface area contributed by atoms with Crippen molar-refractivity contribution in [3.05, 3.63) is 43.0 Å². The standard InChI is InChI=1S/C14H18N4/c1-3-7-13(8-4-1)18(17-12-15-11-16-17)14-9-5-2-6-10-14/h1,3-4,7-8,11-12,14H,2,5-6,9-10H2. The SMILES string of the molecule is c1ccc(N(C2CCCCC2)n2cncn2)cc1. The van der Waals surface area contributed by atoms with Crippen LogP contribution in [0.25, 0.3) is 0 Å². The van der Waals surface area contributed by atoms with E-state index in [1.807, 2.05) is 10.9 Å². The van der Waals surface area contributed by atoms with Crippen molar-refractivity contribution in [1.29, 1.82) is 0 Å². The van der Waals surface area contributed by atoms with Crippen LogP contribution < -0.4 is 5.01 Å². The zero-order chi connectivity index (χ0) is 12.2. The Morgan fingerprint density at radius 3 is 2.50 bits per heavy atom. The summed E-state index contributed by atoms with van der Waals surface area (Å²) >= 11 is 0. The van der Waals surface area contributed by atoms with Gasteiger partial charge in [0.05, 0.1) is 11.7 Å². The predicted molar refractivity (Wildman–Crippen MR) is 71.2 cm³/mol. The van der Waals surface area contributed by atoms with Crippen LogP contribution in [0.2, 0.25) is 0 Å². The summed E-state index contributed by atoms with van der Waals surface area (Å²) in [5.74, 6) is 0. The maximum absolute atomic E-state index is 4.30. The molecule has 1 aliphatic rings. The van der Waals surface area contributed by atoms with Gasteiger partial charge in [-0.3, -0.25) is 5.01 Å². The summed E-state index contributed by atoms with van der Waals surface area (Å²) < 4.78 is 0. The van der Waals surface area contributed by atoms with Crippen LogP contribution in [0.5, 0.6) is 0 Å². The first-order valence-corrected chi connectivity index (χ1v) is 6.64. The summed E-state index contributed by atoms with van der Waals surface area (Å²) in [7, 11) is 0. The number of hydrogen-bond donors (Lipinski definition) is 0. The fourth-order valence-electron chi connectivity index (χ4n) is 2.72. The number of para-hydroxylation sites is 1. The molecule has 0 N–H and O–H groups in total. The van der Waals surface area contributed by atoms with Gasteiger partial charge in [-0.25, -0.2) is 4.98 Å². The molecule has 2 aromatic rings. The molecule has 0 saturated heterocycles. The molecule has 1 aliphatic carbocycles. The average molecular weight is 242 g/mol. The molecular formula is C14H18N4. The van der Waals surface area contributed by atoms with Crippen molar-refractivity contribution >= 4 is 5.69 Å². The summed E-state index contributed by atoms with van der Waals surface area (Å²) in [6.45, 7) is 0. The molecule has 18 heavy (non-hydrogen) atoms. The van der Waals surface area contributed by atoms with Crippen molar-refractivity contribution < 1.29 is 0 Å². The molecule has 1 saturated carbocycles. The van der Waals surface area contributed by atoms with E-state index < -0.39 is 0 Å². The molecule has 94 valence electrons. The maximum Gasteiger partial charge on any atom is 0.139 e. The van der Waals surface area contributed by atoms with E-state index in [9.17, 15) is 0 Å². The van der Waals surface area contributed by atoms with Crippen LogP contribution in [0.15, 0.2) is 43.0 Å². The molecular weight excluding hydrogens is 224 g/mol. The third-order valence-electron chi connectivity index (χ3n) is 3.57. The zero-order valence-electron chi connectivity index (χ0n) is 10.4. The number of nitrogens with zero attached hydrogens (tertiary/aromatic N) is 4.